The van der Waals surface area contributed by atoms with E-state index in [4.69, 9.17) is 0 Å². The quantitative estimate of drug-likeness (QED) is 0.747. The predicted octanol–water partition coefficient (Wildman–Crippen LogP) is 5.66. The van der Waals surface area contributed by atoms with E-state index in [9.17, 15) is 0 Å². The zero-order valence-electron chi connectivity index (χ0n) is 13.5. The van der Waals surface area contributed by atoms with Crippen LogP contribution in [0.5, 0.6) is 0 Å². The summed E-state index contributed by atoms with van der Waals surface area (Å²) in [5.41, 5.74) is 5.65. The van der Waals surface area contributed by atoms with E-state index in [2.05, 4.69) is 76.4 Å². The van der Waals surface area contributed by atoms with E-state index in [1.54, 1.807) is 5.57 Å². The van der Waals surface area contributed by atoms with E-state index in [1.807, 2.05) is 0 Å². The molecular formula is C19H27N. The van der Waals surface area contributed by atoms with Crippen molar-refractivity contribution in [3.05, 3.63) is 53.3 Å². The van der Waals surface area contributed by atoms with Crippen LogP contribution in [0.2, 0.25) is 0 Å². The molecule has 0 amide bonds. The third-order valence-corrected chi connectivity index (χ3v) is 3.98. The lowest BCUT2D eigenvalue weighted by atomic mass is 9.87. The summed E-state index contributed by atoms with van der Waals surface area (Å²) in [5, 5.41) is 3.54. The molecule has 0 fully saturated rings. The van der Waals surface area contributed by atoms with Crippen molar-refractivity contribution in [1.82, 2.24) is 0 Å². The third-order valence-electron chi connectivity index (χ3n) is 3.98. The summed E-state index contributed by atoms with van der Waals surface area (Å²) in [6.07, 6.45) is 6.80. The average Bonchev–Trinajstić information content (AvgIpc) is 2.39. The van der Waals surface area contributed by atoms with Crippen LogP contribution < -0.4 is 5.32 Å². The smallest absolute Gasteiger partial charge is 0.0381 e. The fourth-order valence-electron chi connectivity index (χ4n) is 2.48. The minimum Gasteiger partial charge on any atom is -0.359 e. The Labute approximate surface area is 123 Å². The Morgan fingerprint density at radius 3 is 2.05 bits per heavy atom. The number of anilines is 1. The Hall–Kier alpha value is -1.50. The van der Waals surface area contributed by atoms with Crippen LogP contribution in [-0.2, 0) is 5.41 Å². The van der Waals surface area contributed by atoms with Crippen molar-refractivity contribution >= 4 is 5.69 Å². The molecule has 1 nitrogen and oxygen atoms in total. The SMILES string of the molecule is CC(C)C1=CC=C(Nc2ccc(C(C)(C)C)cc2)CC1. The Balaban J connectivity index is 2.05. The zero-order chi connectivity index (χ0) is 14.8. The summed E-state index contributed by atoms with van der Waals surface area (Å²) in [6.45, 7) is 11.3. The summed E-state index contributed by atoms with van der Waals surface area (Å²) in [4.78, 5) is 0. The summed E-state index contributed by atoms with van der Waals surface area (Å²) in [5.74, 6) is 0.666. The standard InChI is InChI=1S/C19H27N/c1-14(2)15-6-10-17(11-7-15)20-18-12-8-16(9-13-18)19(3,4)5/h6,8-10,12-14,20H,7,11H2,1-5H3. The van der Waals surface area contributed by atoms with E-state index >= 15 is 0 Å². The topological polar surface area (TPSA) is 12.0 Å². The van der Waals surface area contributed by atoms with Crippen molar-refractivity contribution in [1.29, 1.82) is 0 Å². The molecule has 0 atom stereocenters. The highest BCUT2D eigenvalue weighted by Gasteiger charge is 2.13. The van der Waals surface area contributed by atoms with Gasteiger partial charge in [0.1, 0.15) is 0 Å². The number of benzene rings is 1. The van der Waals surface area contributed by atoms with Gasteiger partial charge in [-0.15, -0.1) is 0 Å². The minimum absolute atomic E-state index is 0.220. The van der Waals surface area contributed by atoms with Gasteiger partial charge < -0.3 is 5.32 Å². The maximum absolute atomic E-state index is 3.54. The van der Waals surface area contributed by atoms with E-state index < -0.39 is 0 Å². The number of hydrogen-bond acceptors (Lipinski definition) is 1. The van der Waals surface area contributed by atoms with Crippen molar-refractivity contribution in [3.8, 4) is 0 Å². The van der Waals surface area contributed by atoms with Gasteiger partial charge in [0.25, 0.3) is 0 Å². The largest absolute Gasteiger partial charge is 0.359 e. The Kier molecular flexibility index (Phi) is 4.37. The highest BCUT2D eigenvalue weighted by Crippen LogP contribution is 2.27. The van der Waals surface area contributed by atoms with Gasteiger partial charge in [0.2, 0.25) is 0 Å². The van der Waals surface area contributed by atoms with Gasteiger partial charge in [0, 0.05) is 11.4 Å². The number of hydrogen-bond donors (Lipinski definition) is 1. The minimum atomic E-state index is 0.220. The molecule has 0 spiro atoms. The molecule has 1 aliphatic carbocycles. The predicted molar refractivity (Wildman–Crippen MR) is 89.0 cm³/mol. The molecule has 1 aromatic rings. The van der Waals surface area contributed by atoms with Crippen molar-refractivity contribution in [2.24, 2.45) is 5.92 Å². The Bertz CT molecular complexity index is 510. The second-order valence-electron chi connectivity index (χ2n) is 7.04. The van der Waals surface area contributed by atoms with Crippen molar-refractivity contribution in [2.45, 2.75) is 52.9 Å². The number of allylic oxidation sites excluding steroid dienone is 4. The van der Waals surface area contributed by atoms with Gasteiger partial charge >= 0.3 is 0 Å². The van der Waals surface area contributed by atoms with Crippen LogP contribution in [0.1, 0.15) is 53.0 Å². The van der Waals surface area contributed by atoms with Crippen LogP contribution in [0.25, 0.3) is 0 Å². The first-order valence-corrected chi connectivity index (χ1v) is 7.63. The lowest BCUT2D eigenvalue weighted by Crippen LogP contribution is -2.11. The highest BCUT2D eigenvalue weighted by molar-refractivity contribution is 5.51. The van der Waals surface area contributed by atoms with E-state index in [0.29, 0.717) is 5.92 Å². The molecule has 0 aromatic heterocycles. The summed E-state index contributed by atoms with van der Waals surface area (Å²) in [6, 6.07) is 8.81. The molecule has 0 radical (unpaired) electrons. The van der Waals surface area contributed by atoms with Crippen LogP contribution in [-0.4, -0.2) is 0 Å². The first-order chi connectivity index (χ1) is 9.36. The monoisotopic (exact) mass is 269 g/mol. The van der Waals surface area contributed by atoms with Gasteiger partial charge in [-0.2, -0.15) is 0 Å². The van der Waals surface area contributed by atoms with Crippen LogP contribution in [0, 0.1) is 5.92 Å². The van der Waals surface area contributed by atoms with E-state index in [1.165, 1.54) is 23.4 Å². The lowest BCUT2D eigenvalue weighted by molar-refractivity contribution is 0.590. The van der Waals surface area contributed by atoms with Crippen molar-refractivity contribution < 1.29 is 0 Å². The van der Waals surface area contributed by atoms with Gasteiger partial charge in [-0.25, -0.2) is 0 Å². The third kappa shape index (κ3) is 3.75. The molecule has 1 heteroatoms. The molecule has 0 saturated heterocycles. The fourth-order valence-corrected chi connectivity index (χ4v) is 2.48. The maximum Gasteiger partial charge on any atom is 0.0381 e. The van der Waals surface area contributed by atoms with Crippen molar-refractivity contribution in [2.75, 3.05) is 5.32 Å². The summed E-state index contributed by atoms with van der Waals surface area (Å²) < 4.78 is 0. The highest BCUT2D eigenvalue weighted by atomic mass is 14.9. The number of nitrogens with one attached hydrogen (secondary N) is 1. The van der Waals surface area contributed by atoms with Crippen LogP contribution >= 0.6 is 0 Å². The fraction of sp³-hybridized carbons (Fsp3) is 0.474. The van der Waals surface area contributed by atoms with E-state index in [-0.39, 0.29) is 5.41 Å². The van der Waals surface area contributed by atoms with Gasteiger partial charge in [0.05, 0.1) is 0 Å². The second-order valence-corrected chi connectivity index (χ2v) is 7.04. The molecular weight excluding hydrogens is 242 g/mol. The van der Waals surface area contributed by atoms with Gasteiger partial charge in [-0.3, -0.25) is 0 Å². The molecule has 0 bridgehead atoms. The molecule has 0 saturated carbocycles. The Morgan fingerprint density at radius 1 is 0.950 bits per heavy atom. The average molecular weight is 269 g/mol. The van der Waals surface area contributed by atoms with Crippen molar-refractivity contribution in [3.63, 3.8) is 0 Å². The first-order valence-electron chi connectivity index (χ1n) is 7.63. The molecule has 108 valence electrons. The normalized spacial score (nSPS) is 15.9. The van der Waals surface area contributed by atoms with Gasteiger partial charge in [-0.05, 0) is 47.9 Å². The zero-order valence-corrected chi connectivity index (χ0v) is 13.5. The molecule has 20 heavy (non-hydrogen) atoms. The Morgan fingerprint density at radius 2 is 1.60 bits per heavy atom. The number of rotatable bonds is 3. The molecule has 0 unspecified atom stereocenters. The molecule has 2 rings (SSSR count). The van der Waals surface area contributed by atoms with Crippen LogP contribution in [0.15, 0.2) is 47.7 Å². The molecule has 0 heterocycles. The van der Waals surface area contributed by atoms with E-state index in [0.717, 1.165) is 6.42 Å². The van der Waals surface area contributed by atoms with Crippen LogP contribution in [0.3, 0.4) is 0 Å². The first kappa shape index (κ1) is 14.9. The van der Waals surface area contributed by atoms with Crippen LogP contribution in [0.4, 0.5) is 5.69 Å². The maximum atomic E-state index is 3.54. The molecule has 0 aliphatic heterocycles. The lowest BCUT2D eigenvalue weighted by Gasteiger charge is -2.21. The summed E-state index contributed by atoms with van der Waals surface area (Å²) in [7, 11) is 0. The van der Waals surface area contributed by atoms with Gasteiger partial charge in [-0.1, -0.05) is 58.4 Å². The molecule has 1 aliphatic rings. The van der Waals surface area contributed by atoms with Gasteiger partial charge in [0.15, 0.2) is 0 Å². The second kappa shape index (κ2) is 5.87. The molecule has 1 aromatic carbocycles. The summed E-state index contributed by atoms with van der Waals surface area (Å²) >= 11 is 0. The molecule has 1 N–H and O–H groups in total.